The molecule has 0 unspecified atom stereocenters. The molecule has 176 valence electrons. The fraction of sp³-hybridized carbons (Fsp3) is 0.462. The molecule has 5 nitrogen and oxygen atoms in total. The summed E-state index contributed by atoms with van der Waals surface area (Å²) in [6, 6.07) is 12.6. The maximum Gasteiger partial charge on any atom is 0.303 e. The SMILES string of the molecule is COc1cnc2cccc(CCC[C@@H]3CCN(CCSc4cccs4)C[C@@H]3CC(=O)O)c2c1. The maximum atomic E-state index is 11.6. The normalized spacial score (nSPS) is 19.1. The van der Waals surface area contributed by atoms with Gasteiger partial charge in [-0.2, -0.15) is 0 Å². The van der Waals surface area contributed by atoms with Crippen LogP contribution in [0.5, 0.6) is 5.75 Å². The Balaban J connectivity index is 1.31. The predicted octanol–water partition coefficient (Wildman–Crippen LogP) is 5.83. The van der Waals surface area contributed by atoms with Crippen molar-refractivity contribution in [3.63, 3.8) is 0 Å². The third-order valence-electron chi connectivity index (χ3n) is 6.61. The molecule has 1 aliphatic heterocycles. The van der Waals surface area contributed by atoms with E-state index in [1.165, 1.54) is 9.77 Å². The molecule has 2 aromatic heterocycles. The molecule has 0 radical (unpaired) electrons. The smallest absolute Gasteiger partial charge is 0.303 e. The van der Waals surface area contributed by atoms with E-state index < -0.39 is 5.97 Å². The number of carbonyl (C=O) groups is 1. The number of aromatic nitrogens is 1. The number of fused-ring (bicyclic) bond motifs is 1. The van der Waals surface area contributed by atoms with Crippen LogP contribution in [0.25, 0.3) is 10.9 Å². The van der Waals surface area contributed by atoms with Gasteiger partial charge in [-0.1, -0.05) is 18.2 Å². The molecule has 33 heavy (non-hydrogen) atoms. The van der Waals surface area contributed by atoms with E-state index in [1.807, 2.05) is 17.8 Å². The van der Waals surface area contributed by atoms with Gasteiger partial charge in [0.25, 0.3) is 0 Å². The highest BCUT2D eigenvalue weighted by Gasteiger charge is 2.30. The van der Waals surface area contributed by atoms with E-state index in [4.69, 9.17) is 4.74 Å². The minimum absolute atomic E-state index is 0.234. The summed E-state index contributed by atoms with van der Waals surface area (Å²) in [4.78, 5) is 18.5. The van der Waals surface area contributed by atoms with Crippen molar-refractivity contribution < 1.29 is 14.6 Å². The van der Waals surface area contributed by atoms with Crippen LogP contribution < -0.4 is 4.74 Å². The zero-order valence-electron chi connectivity index (χ0n) is 19.1. The summed E-state index contributed by atoms with van der Waals surface area (Å²) in [7, 11) is 1.67. The van der Waals surface area contributed by atoms with Crippen molar-refractivity contribution in [2.45, 2.75) is 36.3 Å². The van der Waals surface area contributed by atoms with Crippen molar-refractivity contribution >= 4 is 40.0 Å². The average molecular weight is 485 g/mol. The van der Waals surface area contributed by atoms with E-state index >= 15 is 0 Å². The first-order chi connectivity index (χ1) is 16.1. The number of thiophene rings is 1. The molecule has 1 N–H and O–H groups in total. The van der Waals surface area contributed by atoms with E-state index in [9.17, 15) is 9.90 Å². The van der Waals surface area contributed by atoms with Crippen LogP contribution in [0.3, 0.4) is 0 Å². The summed E-state index contributed by atoms with van der Waals surface area (Å²) in [6.07, 6.45) is 6.23. The fourth-order valence-electron chi connectivity index (χ4n) is 4.89. The summed E-state index contributed by atoms with van der Waals surface area (Å²) >= 11 is 3.68. The quantitative estimate of drug-likeness (QED) is 0.345. The zero-order chi connectivity index (χ0) is 23.0. The second kappa shape index (κ2) is 11.9. The Morgan fingerprint density at radius 3 is 3.00 bits per heavy atom. The molecule has 0 amide bonds. The summed E-state index contributed by atoms with van der Waals surface area (Å²) in [5.74, 6) is 1.87. The monoisotopic (exact) mass is 484 g/mol. The van der Waals surface area contributed by atoms with E-state index in [2.05, 4.69) is 45.6 Å². The molecule has 1 fully saturated rings. The molecule has 0 spiro atoms. The van der Waals surface area contributed by atoms with Crippen molar-refractivity contribution in [2.24, 2.45) is 11.8 Å². The number of benzene rings is 1. The number of piperidine rings is 1. The van der Waals surface area contributed by atoms with Crippen molar-refractivity contribution in [2.75, 3.05) is 32.5 Å². The lowest BCUT2D eigenvalue weighted by atomic mass is 9.80. The van der Waals surface area contributed by atoms with Crippen LogP contribution in [0.2, 0.25) is 0 Å². The van der Waals surface area contributed by atoms with E-state index in [0.29, 0.717) is 5.92 Å². The van der Waals surface area contributed by atoms with Crippen molar-refractivity contribution in [1.82, 2.24) is 9.88 Å². The molecule has 7 heteroatoms. The van der Waals surface area contributed by atoms with Crippen LogP contribution >= 0.6 is 23.1 Å². The number of rotatable bonds is 11. The van der Waals surface area contributed by atoms with E-state index in [-0.39, 0.29) is 12.3 Å². The lowest BCUT2D eigenvalue weighted by molar-refractivity contribution is -0.139. The number of carboxylic acids is 1. The summed E-state index contributed by atoms with van der Waals surface area (Å²) < 4.78 is 6.72. The number of methoxy groups -OCH3 is 1. The Hall–Kier alpha value is -2.09. The van der Waals surface area contributed by atoms with Gasteiger partial charge in [0.1, 0.15) is 5.75 Å². The summed E-state index contributed by atoms with van der Waals surface area (Å²) in [5.41, 5.74) is 2.28. The van der Waals surface area contributed by atoms with Gasteiger partial charge >= 0.3 is 5.97 Å². The first kappa shape index (κ1) is 24.0. The number of aryl methyl sites for hydroxylation is 1. The molecule has 1 saturated heterocycles. The van der Waals surface area contributed by atoms with Crippen molar-refractivity contribution in [1.29, 1.82) is 0 Å². The largest absolute Gasteiger partial charge is 0.495 e. The Kier molecular flexibility index (Phi) is 8.64. The van der Waals surface area contributed by atoms with Crippen LogP contribution in [0, 0.1) is 11.8 Å². The van der Waals surface area contributed by atoms with Crippen molar-refractivity contribution in [3.8, 4) is 5.75 Å². The lowest BCUT2D eigenvalue weighted by Gasteiger charge is -2.38. The number of likely N-dealkylation sites (tertiary alicyclic amines) is 1. The maximum absolute atomic E-state index is 11.6. The molecule has 2 atom stereocenters. The molecule has 3 heterocycles. The van der Waals surface area contributed by atoms with Gasteiger partial charge in [0, 0.05) is 30.6 Å². The molecule has 1 aromatic carbocycles. The van der Waals surface area contributed by atoms with Crippen molar-refractivity contribution in [3.05, 3.63) is 53.5 Å². The number of nitrogens with zero attached hydrogens (tertiary/aromatic N) is 2. The molecule has 0 bridgehead atoms. The predicted molar refractivity (Wildman–Crippen MR) is 137 cm³/mol. The van der Waals surface area contributed by atoms with Gasteiger partial charge in [-0.25, -0.2) is 0 Å². The van der Waals surface area contributed by atoms with Crippen LogP contribution in [-0.2, 0) is 11.2 Å². The Labute approximate surface area is 204 Å². The summed E-state index contributed by atoms with van der Waals surface area (Å²) in [5, 5.41) is 12.8. The second-order valence-electron chi connectivity index (χ2n) is 8.74. The molecule has 4 rings (SSSR count). The van der Waals surface area contributed by atoms with Gasteiger partial charge in [-0.3, -0.25) is 9.78 Å². The zero-order valence-corrected chi connectivity index (χ0v) is 20.7. The average Bonchev–Trinajstić information content (AvgIpc) is 3.33. The number of hydrogen-bond acceptors (Lipinski definition) is 6. The molecular formula is C26H32N2O3S2. The van der Waals surface area contributed by atoms with Gasteiger partial charge in [-0.15, -0.1) is 23.1 Å². The minimum Gasteiger partial charge on any atom is -0.495 e. The van der Waals surface area contributed by atoms with Gasteiger partial charge in [-0.05, 0) is 73.2 Å². The Morgan fingerprint density at radius 1 is 1.30 bits per heavy atom. The minimum atomic E-state index is -0.674. The van der Waals surface area contributed by atoms with Gasteiger partial charge in [0.2, 0.25) is 0 Å². The highest BCUT2D eigenvalue weighted by molar-refractivity contribution is 8.01. The number of hydrogen-bond donors (Lipinski definition) is 1. The fourth-order valence-corrected chi connectivity index (χ4v) is 6.75. The number of aliphatic carboxylic acids is 1. The molecule has 0 saturated carbocycles. The van der Waals surface area contributed by atoms with Crippen LogP contribution in [-0.4, -0.2) is 53.5 Å². The van der Waals surface area contributed by atoms with Gasteiger partial charge < -0.3 is 14.7 Å². The third kappa shape index (κ3) is 6.71. The Morgan fingerprint density at radius 2 is 2.21 bits per heavy atom. The van der Waals surface area contributed by atoms with Crippen LogP contribution in [0.15, 0.2) is 52.2 Å². The van der Waals surface area contributed by atoms with E-state index in [0.717, 1.165) is 67.7 Å². The molecule has 3 aromatic rings. The van der Waals surface area contributed by atoms with Gasteiger partial charge in [0.05, 0.1) is 23.0 Å². The number of pyridine rings is 1. The number of carboxylic acid groups (broad SMARTS) is 1. The second-order valence-corrected chi connectivity index (χ2v) is 11.1. The lowest BCUT2D eigenvalue weighted by Crippen LogP contribution is -2.42. The standard InChI is InChI=1S/C26H32N2O3S2/c1-31-22-16-23-20(7-3-8-24(23)27-17-22)6-2-5-19-10-11-28(18-21(19)15-25(29)30)12-14-33-26-9-4-13-32-26/h3-4,7-9,13,16-17,19,21H,2,5-6,10-12,14-15,18H2,1H3,(H,29,30)/t19-,21+/m1/s1. The topological polar surface area (TPSA) is 62.7 Å². The van der Waals surface area contributed by atoms with Crippen LogP contribution in [0.1, 0.15) is 31.2 Å². The third-order valence-corrected chi connectivity index (χ3v) is 8.72. The molecule has 0 aliphatic carbocycles. The highest BCUT2D eigenvalue weighted by atomic mass is 32.2. The van der Waals surface area contributed by atoms with Gasteiger partial charge in [0.15, 0.2) is 0 Å². The number of thioether (sulfide) groups is 1. The first-order valence-corrected chi connectivity index (χ1v) is 13.5. The van der Waals surface area contributed by atoms with Crippen LogP contribution in [0.4, 0.5) is 0 Å². The van der Waals surface area contributed by atoms with E-state index in [1.54, 1.807) is 24.6 Å². The highest BCUT2D eigenvalue weighted by Crippen LogP contribution is 2.32. The number of ether oxygens (including phenoxy) is 1. The first-order valence-electron chi connectivity index (χ1n) is 11.6. The molecular weight excluding hydrogens is 452 g/mol. The summed E-state index contributed by atoms with van der Waals surface area (Å²) in [6.45, 7) is 2.99. The Bertz CT molecular complexity index is 1040. The molecule has 1 aliphatic rings.